The minimum atomic E-state index is -0.152. The molecule has 0 aliphatic heterocycles. The molecular weight excluding hydrogens is 797 g/mol. The Balaban J connectivity index is 0.971. The van der Waals surface area contributed by atoms with Gasteiger partial charge in [-0.15, -0.1) is 0 Å². The molecule has 2 atom stereocenters. The van der Waals surface area contributed by atoms with Crippen LogP contribution in [0.4, 0.5) is 34.1 Å². The lowest BCUT2D eigenvalue weighted by molar-refractivity contribution is 0.272. The van der Waals surface area contributed by atoms with Crippen molar-refractivity contribution in [2.24, 2.45) is 5.92 Å². The van der Waals surface area contributed by atoms with Gasteiger partial charge in [0.15, 0.2) is 0 Å². The molecule has 0 amide bonds. The molecule has 11 rings (SSSR count). The average molecular weight is 853 g/mol. The third-order valence-corrected chi connectivity index (χ3v) is 14.6. The number of nitrogens with zero attached hydrogens (tertiary/aromatic N) is 2. The van der Waals surface area contributed by atoms with Gasteiger partial charge in [-0.3, -0.25) is 0 Å². The number of benzene rings is 9. The predicted octanol–water partition coefficient (Wildman–Crippen LogP) is 17.8. The van der Waals surface area contributed by atoms with E-state index >= 15 is 0 Å². The summed E-state index contributed by atoms with van der Waals surface area (Å²) in [4.78, 5) is 4.86. The molecule has 0 saturated heterocycles. The Kier molecular flexibility index (Phi) is 10.7. The number of anilines is 6. The maximum atomic E-state index is 2.45. The van der Waals surface area contributed by atoms with Crippen LogP contribution in [0.5, 0.6) is 0 Å². The van der Waals surface area contributed by atoms with Crippen molar-refractivity contribution in [1.82, 2.24) is 0 Å². The van der Waals surface area contributed by atoms with E-state index < -0.39 is 0 Å². The van der Waals surface area contributed by atoms with E-state index in [4.69, 9.17) is 0 Å². The van der Waals surface area contributed by atoms with Crippen molar-refractivity contribution in [1.29, 1.82) is 0 Å². The molecule has 2 nitrogen and oxygen atoms in total. The Hall–Kier alpha value is -7.42. The van der Waals surface area contributed by atoms with E-state index in [1.165, 1.54) is 74.2 Å². The van der Waals surface area contributed by atoms with Gasteiger partial charge in [-0.1, -0.05) is 197 Å². The quantitative estimate of drug-likeness (QED) is 0.135. The minimum Gasteiger partial charge on any atom is -0.310 e. The van der Waals surface area contributed by atoms with E-state index in [1.54, 1.807) is 0 Å². The van der Waals surface area contributed by atoms with Crippen molar-refractivity contribution in [2.75, 3.05) is 9.80 Å². The molecule has 66 heavy (non-hydrogen) atoms. The van der Waals surface area contributed by atoms with Gasteiger partial charge in [0.25, 0.3) is 0 Å². The standard InChI is InChI=1S/C64H56N2/c1-46-20-19-43-64(45-46,50-35-39-54(40-36-50)66(52-27-14-7-15-28-52)61-32-17-16-29-56(61)47-21-8-4-9-22-47)49-33-37-53(38-34-49)65(51-25-12-6-13-26-51)55-41-42-58-60(44-55)63(2,3)59-31-18-30-57(62(58)59)48-23-10-5-11-24-48/h4-18,21-42,44,46H,19-20,43,45H2,1-3H3. The van der Waals surface area contributed by atoms with Crippen molar-refractivity contribution in [3.63, 3.8) is 0 Å². The summed E-state index contributed by atoms with van der Waals surface area (Å²) in [6.07, 6.45) is 4.73. The second-order valence-electron chi connectivity index (χ2n) is 19.1. The molecule has 0 aromatic heterocycles. The third kappa shape index (κ3) is 7.31. The summed E-state index contributed by atoms with van der Waals surface area (Å²) >= 11 is 0. The maximum Gasteiger partial charge on any atom is 0.0540 e. The summed E-state index contributed by atoms with van der Waals surface area (Å²) in [5.74, 6) is 0.624. The van der Waals surface area contributed by atoms with Gasteiger partial charge in [-0.25, -0.2) is 0 Å². The van der Waals surface area contributed by atoms with Gasteiger partial charge < -0.3 is 9.80 Å². The monoisotopic (exact) mass is 852 g/mol. The zero-order valence-electron chi connectivity index (χ0n) is 38.2. The van der Waals surface area contributed by atoms with Gasteiger partial charge in [0.05, 0.1) is 5.69 Å². The highest BCUT2D eigenvalue weighted by atomic mass is 15.1. The Morgan fingerprint density at radius 2 is 0.894 bits per heavy atom. The Morgan fingerprint density at radius 1 is 0.409 bits per heavy atom. The molecule has 2 heteroatoms. The first kappa shape index (κ1) is 41.3. The van der Waals surface area contributed by atoms with Crippen LogP contribution in [0.3, 0.4) is 0 Å². The summed E-state index contributed by atoms with van der Waals surface area (Å²) in [5, 5.41) is 0. The zero-order valence-corrected chi connectivity index (χ0v) is 38.2. The van der Waals surface area contributed by atoms with Crippen LogP contribution in [0.25, 0.3) is 33.4 Å². The second kappa shape index (κ2) is 17.2. The average Bonchev–Trinajstić information content (AvgIpc) is 3.61. The van der Waals surface area contributed by atoms with E-state index in [2.05, 4.69) is 261 Å². The molecule has 1 saturated carbocycles. The van der Waals surface area contributed by atoms with Gasteiger partial charge in [-0.2, -0.15) is 0 Å². The fourth-order valence-corrected chi connectivity index (χ4v) is 11.4. The highest BCUT2D eigenvalue weighted by Gasteiger charge is 2.40. The zero-order chi connectivity index (χ0) is 44.7. The normalized spacial score (nSPS) is 17.1. The van der Waals surface area contributed by atoms with Crippen LogP contribution in [0.15, 0.2) is 231 Å². The molecule has 0 bridgehead atoms. The van der Waals surface area contributed by atoms with Crippen LogP contribution in [0.1, 0.15) is 68.7 Å². The molecule has 322 valence electrons. The van der Waals surface area contributed by atoms with Crippen LogP contribution in [0, 0.1) is 5.92 Å². The Bertz CT molecular complexity index is 3100. The summed E-state index contributed by atoms with van der Waals surface area (Å²) < 4.78 is 0. The number of rotatable bonds is 10. The molecule has 0 N–H and O–H groups in total. The summed E-state index contributed by atoms with van der Waals surface area (Å²) in [5.41, 5.74) is 19.9. The first-order valence-corrected chi connectivity index (χ1v) is 23.8. The smallest absolute Gasteiger partial charge is 0.0540 e. The van der Waals surface area contributed by atoms with Crippen LogP contribution in [-0.2, 0) is 10.8 Å². The van der Waals surface area contributed by atoms with Gasteiger partial charge in [0, 0.05) is 44.8 Å². The molecule has 2 aliphatic carbocycles. The van der Waals surface area contributed by atoms with E-state index in [9.17, 15) is 0 Å². The largest absolute Gasteiger partial charge is 0.310 e. The minimum absolute atomic E-state index is 0.0916. The van der Waals surface area contributed by atoms with E-state index in [0.717, 1.165) is 41.3 Å². The predicted molar refractivity (Wildman–Crippen MR) is 279 cm³/mol. The molecule has 9 aromatic carbocycles. The first-order valence-electron chi connectivity index (χ1n) is 23.8. The number of fused-ring (bicyclic) bond motifs is 3. The topological polar surface area (TPSA) is 6.48 Å². The summed E-state index contributed by atoms with van der Waals surface area (Å²) in [6, 6.07) is 85.2. The molecule has 0 radical (unpaired) electrons. The van der Waals surface area contributed by atoms with Crippen LogP contribution < -0.4 is 9.80 Å². The van der Waals surface area contributed by atoms with E-state index in [0.29, 0.717) is 5.92 Å². The van der Waals surface area contributed by atoms with E-state index in [1.807, 2.05) is 0 Å². The fraction of sp³-hybridized carbons (Fsp3) is 0.156. The molecular formula is C64H56N2. The number of hydrogen-bond donors (Lipinski definition) is 0. The maximum absolute atomic E-state index is 2.45. The van der Waals surface area contributed by atoms with Crippen molar-refractivity contribution in [3.05, 3.63) is 253 Å². The lowest BCUT2D eigenvalue weighted by atomic mass is 9.62. The molecule has 0 spiro atoms. The SMILES string of the molecule is CC1CCCC(c2ccc(N(c3ccccc3)c3ccc4c(c3)C(C)(C)c3cccc(-c5ccccc5)c3-4)cc2)(c2ccc(N(c3ccccc3)c3ccccc3-c3ccccc3)cc2)C1. The second-order valence-corrected chi connectivity index (χ2v) is 19.1. The van der Waals surface area contributed by atoms with Crippen molar-refractivity contribution < 1.29 is 0 Å². The molecule has 0 heterocycles. The van der Waals surface area contributed by atoms with Crippen LogP contribution >= 0.6 is 0 Å². The third-order valence-electron chi connectivity index (χ3n) is 14.6. The molecule has 2 unspecified atom stereocenters. The van der Waals surface area contributed by atoms with Crippen LogP contribution in [0.2, 0.25) is 0 Å². The number of para-hydroxylation sites is 3. The van der Waals surface area contributed by atoms with Crippen molar-refractivity contribution in [3.8, 4) is 33.4 Å². The van der Waals surface area contributed by atoms with Gasteiger partial charge >= 0.3 is 0 Å². The van der Waals surface area contributed by atoms with Gasteiger partial charge in [0.2, 0.25) is 0 Å². The molecule has 9 aromatic rings. The lowest BCUT2D eigenvalue weighted by Gasteiger charge is -2.42. The Morgan fingerprint density at radius 3 is 1.50 bits per heavy atom. The van der Waals surface area contributed by atoms with E-state index in [-0.39, 0.29) is 10.8 Å². The summed E-state index contributed by atoms with van der Waals surface area (Å²) in [7, 11) is 0. The van der Waals surface area contributed by atoms with Gasteiger partial charge in [0.1, 0.15) is 0 Å². The highest BCUT2D eigenvalue weighted by Crippen LogP contribution is 2.54. The van der Waals surface area contributed by atoms with Crippen LogP contribution in [-0.4, -0.2) is 0 Å². The summed E-state index contributed by atoms with van der Waals surface area (Å²) in [6.45, 7) is 7.22. The van der Waals surface area contributed by atoms with Crippen molar-refractivity contribution in [2.45, 2.75) is 57.3 Å². The first-order chi connectivity index (χ1) is 32.4. The molecule has 1 fully saturated rings. The Labute approximate surface area is 391 Å². The highest BCUT2D eigenvalue weighted by molar-refractivity contribution is 5.94. The lowest BCUT2D eigenvalue weighted by Crippen LogP contribution is -2.33. The van der Waals surface area contributed by atoms with Crippen molar-refractivity contribution >= 4 is 34.1 Å². The molecule has 2 aliphatic rings. The fourth-order valence-electron chi connectivity index (χ4n) is 11.4. The van der Waals surface area contributed by atoms with Gasteiger partial charge in [-0.05, 0) is 136 Å². The number of hydrogen-bond acceptors (Lipinski definition) is 2.